The molecule has 43 heavy (non-hydrogen) atoms. The van der Waals surface area contributed by atoms with Crippen LogP contribution in [-0.2, 0) is 5.41 Å². The Morgan fingerprint density at radius 3 is 2.72 bits per heavy atom. The fraction of sp³-hybridized carbons (Fsp3) is 0.462. The van der Waals surface area contributed by atoms with Crippen molar-refractivity contribution in [3.05, 3.63) is 61.9 Å². The van der Waals surface area contributed by atoms with Gasteiger partial charge in [-0.15, -0.1) is 0 Å². The van der Waals surface area contributed by atoms with Crippen molar-refractivity contribution >= 4 is 23.7 Å². The predicted octanol–water partition coefficient (Wildman–Crippen LogP) is -5.59. The zero-order valence-electron chi connectivity index (χ0n) is 23.4. The molecule has 1 aromatic carbocycles. The number of hydrogen-bond acceptors (Lipinski definition) is 12. The number of H-pyrrole nitrogens is 2. The molecule has 0 radical (unpaired) electrons. The van der Waals surface area contributed by atoms with E-state index in [0.717, 1.165) is 18.1 Å². The van der Waals surface area contributed by atoms with Crippen molar-refractivity contribution in [1.29, 1.82) is 0 Å². The van der Waals surface area contributed by atoms with E-state index in [1.807, 2.05) is 11.1 Å². The van der Waals surface area contributed by atoms with Gasteiger partial charge in [0, 0.05) is 18.2 Å². The first kappa shape index (κ1) is 28.2. The van der Waals surface area contributed by atoms with Crippen LogP contribution in [0.1, 0.15) is 46.7 Å². The number of rotatable bonds is 5. The number of amides is 2. The van der Waals surface area contributed by atoms with E-state index in [-0.39, 0.29) is 41.7 Å². The molecule has 17 heteroatoms. The summed E-state index contributed by atoms with van der Waals surface area (Å²) in [5.41, 5.74) is 9.61. The van der Waals surface area contributed by atoms with Gasteiger partial charge in [0.15, 0.2) is 12.0 Å². The van der Waals surface area contributed by atoms with Gasteiger partial charge in [0.1, 0.15) is 23.5 Å². The van der Waals surface area contributed by atoms with Crippen LogP contribution >= 0.6 is 0 Å². The van der Waals surface area contributed by atoms with E-state index >= 15 is 0 Å². The molecule has 6 rings (SSSR count). The maximum Gasteiger partial charge on any atom is 0.343 e. The second-order valence-electron chi connectivity index (χ2n) is 11.7. The second kappa shape index (κ2) is 9.56. The van der Waals surface area contributed by atoms with Crippen molar-refractivity contribution in [3.8, 4) is 5.75 Å². The normalized spacial score (nSPS) is 27.8. The number of benzene rings is 1. The molecular weight excluding hydrogens is 564 g/mol. The number of para-hydroxylation sites is 1. The summed E-state index contributed by atoms with van der Waals surface area (Å²) in [5.74, 6) is -3.69. The number of hydrogen-bond donors (Lipinski definition) is 10. The van der Waals surface area contributed by atoms with Gasteiger partial charge < -0.3 is 36.3 Å². The first-order chi connectivity index (χ1) is 20.2. The van der Waals surface area contributed by atoms with Crippen molar-refractivity contribution in [1.82, 2.24) is 30.8 Å². The lowest BCUT2D eigenvalue weighted by Gasteiger charge is -2.46. The summed E-state index contributed by atoms with van der Waals surface area (Å²) < 4.78 is 5.88. The smallest absolute Gasteiger partial charge is 0.343 e. The van der Waals surface area contributed by atoms with Crippen LogP contribution in [-0.4, -0.2) is 98.1 Å². The maximum atomic E-state index is 13.6. The largest absolute Gasteiger partial charge is 0.492 e. The van der Waals surface area contributed by atoms with Gasteiger partial charge in [0.2, 0.25) is 5.79 Å². The summed E-state index contributed by atoms with van der Waals surface area (Å²) in [6.07, 6.45) is 0.779. The molecule has 2 amide bonds. The molecule has 228 valence electrons. The van der Waals surface area contributed by atoms with E-state index in [0.29, 0.717) is 12.4 Å². The Bertz CT molecular complexity index is 1670. The standard InChI is InChI=1S/C26H32N10O7/c1-24(2)6-7-43-17-11(4-3-5-12(17)24)19(38)32-15-10-36-22(28)30-14(18-25(36,26(15,41)42)35-21(27)34-18)9-29-20(39)13-8-16(37)33-23(40)31-13/h3-5,8,14-15,18,41-42H,6-7,9-10H2,1-2H3,(H2,28,30)(H,29,39)(H,32,38)(H3,27,34,35)(H2,31,33,37,40)/p+1/t14-,15?,18-,25?/m0/s1. The van der Waals surface area contributed by atoms with E-state index in [4.69, 9.17) is 16.2 Å². The Labute approximate surface area is 243 Å². The minimum atomic E-state index is -2.67. The van der Waals surface area contributed by atoms with Gasteiger partial charge in [-0.25, -0.2) is 15.1 Å². The molecule has 5 heterocycles. The lowest BCUT2D eigenvalue weighted by Crippen LogP contribution is -2.90. The third-order valence-corrected chi connectivity index (χ3v) is 8.63. The summed E-state index contributed by atoms with van der Waals surface area (Å²) in [5, 5.41) is 31.6. The molecule has 17 nitrogen and oxygen atoms in total. The fourth-order valence-corrected chi connectivity index (χ4v) is 6.40. The highest BCUT2D eigenvalue weighted by Crippen LogP contribution is 2.43. The number of carbonyl (C=O) groups excluding carboxylic acids is 2. The molecule has 1 saturated heterocycles. The van der Waals surface area contributed by atoms with E-state index in [2.05, 4.69) is 44.8 Å². The highest BCUT2D eigenvalue weighted by atomic mass is 16.5. The Hall–Kier alpha value is -4.90. The fourth-order valence-electron chi connectivity index (χ4n) is 6.40. The molecule has 12 N–H and O–H groups in total. The lowest BCUT2D eigenvalue weighted by molar-refractivity contribution is -0.521. The van der Waals surface area contributed by atoms with Crippen molar-refractivity contribution in [3.63, 3.8) is 0 Å². The molecule has 2 aromatic rings. The van der Waals surface area contributed by atoms with Crippen molar-refractivity contribution in [2.45, 2.75) is 55.3 Å². The zero-order chi connectivity index (χ0) is 30.9. The molecule has 0 aliphatic carbocycles. The maximum absolute atomic E-state index is 13.6. The van der Waals surface area contributed by atoms with Gasteiger partial charge in [-0.05, 0) is 17.9 Å². The van der Waals surface area contributed by atoms with Crippen LogP contribution in [0.5, 0.6) is 5.75 Å². The topological polar surface area (TPSA) is 267 Å². The number of nitrogens with two attached hydrogens (primary N) is 2. The minimum Gasteiger partial charge on any atom is -0.492 e. The third kappa shape index (κ3) is 4.30. The predicted molar refractivity (Wildman–Crippen MR) is 150 cm³/mol. The van der Waals surface area contributed by atoms with Gasteiger partial charge in [-0.1, -0.05) is 26.0 Å². The number of aromatic amines is 2. The number of aliphatic imine (C=N–C) groups is 1. The highest BCUT2D eigenvalue weighted by molar-refractivity contribution is 5.98. The first-order valence-corrected chi connectivity index (χ1v) is 13.7. The number of aromatic nitrogens is 2. The van der Waals surface area contributed by atoms with Gasteiger partial charge >= 0.3 is 11.6 Å². The number of nitrogens with zero attached hydrogens (tertiary/aromatic N) is 2. The van der Waals surface area contributed by atoms with Crippen LogP contribution in [0.2, 0.25) is 0 Å². The number of aliphatic hydroxyl groups is 2. The molecule has 2 unspecified atom stereocenters. The van der Waals surface area contributed by atoms with Gasteiger partial charge in [0.05, 0.1) is 18.7 Å². The molecule has 1 aromatic heterocycles. The van der Waals surface area contributed by atoms with Crippen LogP contribution in [0.3, 0.4) is 0 Å². The molecule has 1 spiro atoms. The molecule has 4 atom stereocenters. The molecule has 0 saturated carbocycles. The lowest BCUT2D eigenvalue weighted by atomic mass is 9.79. The van der Waals surface area contributed by atoms with E-state index in [1.165, 1.54) is 4.90 Å². The van der Waals surface area contributed by atoms with Crippen LogP contribution in [0, 0.1) is 0 Å². The quantitative estimate of drug-likeness (QED) is 0.145. The number of guanidine groups is 2. The van der Waals surface area contributed by atoms with Crippen LogP contribution in [0.4, 0.5) is 0 Å². The number of nitrogens with one attached hydrogen (secondary N) is 6. The molecule has 1 fully saturated rings. The van der Waals surface area contributed by atoms with Crippen LogP contribution < -0.4 is 48.4 Å². The molecule has 0 bridgehead atoms. The second-order valence-corrected chi connectivity index (χ2v) is 11.7. The Morgan fingerprint density at radius 1 is 1.21 bits per heavy atom. The first-order valence-electron chi connectivity index (χ1n) is 13.7. The van der Waals surface area contributed by atoms with Crippen molar-refractivity contribution < 1.29 is 29.5 Å². The Kier molecular flexibility index (Phi) is 6.28. The van der Waals surface area contributed by atoms with E-state index < -0.39 is 52.6 Å². The number of fused-ring (bicyclic) bond motifs is 1. The zero-order valence-corrected chi connectivity index (χ0v) is 23.4. The molecule has 4 aliphatic heterocycles. The summed E-state index contributed by atoms with van der Waals surface area (Å²) in [6, 6.07) is 3.04. The van der Waals surface area contributed by atoms with Crippen molar-refractivity contribution in [2.75, 3.05) is 19.7 Å². The van der Waals surface area contributed by atoms with Gasteiger partial charge in [0.25, 0.3) is 23.0 Å². The van der Waals surface area contributed by atoms with Gasteiger partial charge in [-0.3, -0.25) is 35.0 Å². The summed E-state index contributed by atoms with van der Waals surface area (Å²) in [7, 11) is 0. The van der Waals surface area contributed by atoms with Gasteiger partial charge in [-0.2, -0.15) is 0 Å². The average Bonchev–Trinajstić information content (AvgIpc) is 3.40. The number of carbonyl (C=O) groups is 2. The molecule has 4 aliphatic rings. The minimum absolute atomic E-state index is 0.0117. The average molecular weight is 598 g/mol. The Morgan fingerprint density at radius 2 is 1.98 bits per heavy atom. The van der Waals surface area contributed by atoms with Crippen LogP contribution in [0.25, 0.3) is 0 Å². The summed E-state index contributed by atoms with van der Waals surface area (Å²) in [6.45, 7) is 4.21. The SMILES string of the molecule is CC1(C)CCOc2c(C(=O)NC3CN4C(N)=N[C@@H](CNC(=O)c5cc(=O)[nH]c(=O)[nH]5)[C@@H]5[NH+]=C(N)NC54C3(O)O)cccc21. The summed E-state index contributed by atoms with van der Waals surface area (Å²) in [4.78, 5) is 62.5. The van der Waals surface area contributed by atoms with E-state index in [9.17, 15) is 29.4 Å². The van der Waals surface area contributed by atoms with E-state index in [1.54, 1.807) is 12.1 Å². The number of ether oxygens (including phenoxy) is 1. The van der Waals surface area contributed by atoms with Crippen molar-refractivity contribution in [2.24, 2.45) is 16.5 Å². The van der Waals surface area contributed by atoms with Crippen LogP contribution in [0.15, 0.2) is 38.8 Å². The monoisotopic (exact) mass is 597 g/mol. The Balaban J connectivity index is 1.27. The molecular formula is C26H33N10O7+. The summed E-state index contributed by atoms with van der Waals surface area (Å²) >= 11 is 0. The third-order valence-electron chi connectivity index (χ3n) is 8.63. The highest BCUT2D eigenvalue weighted by Gasteiger charge is 2.76.